The van der Waals surface area contributed by atoms with Crippen molar-refractivity contribution in [3.05, 3.63) is 29.3 Å². The summed E-state index contributed by atoms with van der Waals surface area (Å²) in [5.74, 6) is -0.328. The fourth-order valence-corrected chi connectivity index (χ4v) is 3.96. The first-order valence-electron chi connectivity index (χ1n) is 5.73. The Hall–Kier alpha value is -1.57. The Bertz CT molecular complexity index is 667. The maximum absolute atomic E-state index is 12.6. The molecule has 0 aliphatic carbocycles. The van der Waals surface area contributed by atoms with Crippen LogP contribution in [0.1, 0.15) is 34.5 Å². The van der Waals surface area contributed by atoms with Gasteiger partial charge in [0, 0.05) is 12.6 Å². The maximum Gasteiger partial charge on any atom is 0.390 e. The molecule has 1 unspecified atom stereocenters. The lowest BCUT2D eigenvalue weighted by atomic mass is 10.0. The fraction of sp³-hybridized carbons (Fsp3) is 0.417. The number of rotatable bonds is 2. The van der Waals surface area contributed by atoms with Gasteiger partial charge in [0.2, 0.25) is 10.0 Å². The molecule has 0 saturated heterocycles. The number of Topliss-reactive ketones (excluding diaryl/α,β-unsaturated/α-hetero) is 1. The Kier molecular flexibility index (Phi) is 3.32. The summed E-state index contributed by atoms with van der Waals surface area (Å²) in [6, 6.07) is 4.00. The van der Waals surface area contributed by atoms with Gasteiger partial charge in [-0.3, -0.25) is 9.10 Å². The summed E-state index contributed by atoms with van der Waals surface area (Å²) in [5.41, 5.74) is 0.406. The molecule has 0 aromatic heterocycles. The normalized spacial score (nSPS) is 20.9. The third kappa shape index (κ3) is 2.39. The first kappa shape index (κ1) is 14.8. The molecule has 1 aliphatic rings. The Labute approximate surface area is 114 Å². The van der Waals surface area contributed by atoms with E-state index in [9.17, 15) is 26.4 Å². The van der Waals surface area contributed by atoms with Gasteiger partial charge in [-0.1, -0.05) is 0 Å². The van der Waals surface area contributed by atoms with E-state index in [0.717, 1.165) is 4.31 Å². The lowest BCUT2D eigenvalue weighted by molar-refractivity contribution is -0.134. The Morgan fingerprint density at radius 1 is 1.35 bits per heavy atom. The van der Waals surface area contributed by atoms with Gasteiger partial charge in [-0.05, 0) is 30.7 Å². The van der Waals surface area contributed by atoms with Crippen molar-refractivity contribution >= 4 is 21.5 Å². The number of benzene rings is 1. The van der Waals surface area contributed by atoms with Gasteiger partial charge < -0.3 is 0 Å². The molecular formula is C12H12F3NO3S. The molecule has 0 bridgehead atoms. The topological polar surface area (TPSA) is 54.5 Å². The van der Waals surface area contributed by atoms with Gasteiger partial charge in [0.05, 0.1) is 12.1 Å². The molecule has 1 aliphatic heterocycles. The van der Waals surface area contributed by atoms with Crippen LogP contribution in [-0.4, -0.2) is 27.4 Å². The molecule has 1 atom stereocenters. The van der Waals surface area contributed by atoms with Crippen LogP contribution in [0.15, 0.2) is 18.2 Å². The molecule has 1 aromatic carbocycles. The van der Waals surface area contributed by atoms with Crippen LogP contribution < -0.4 is 4.31 Å². The zero-order valence-electron chi connectivity index (χ0n) is 10.7. The predicted octanol–water partition coefficient (Wildman–Crippen LogP) is 2.66. The van der Waals surface area contributed by atoms with Crippen LogP contribution in [0.25, 0.3) is 0 Å². The molecule has 110 valence electrons. The first-order chi connectivity index (χ1) is 9.04. The molecule has 4 nitrogen and oxygen atoms in total. The Morgan fingerprint density at radius 3 is 2.45 bits per heavy atom. The number of anilines is 1. The largest absolute Gasteiger partial charge is 0.390 e. The highest BCUT2D eigenvalue weighted by Gasteiger charge is 2.47. The second-order valence-corrected chi connectivity index (χ2v) is 6.80. The van der Waals surface area contributed by atoms with Crippen LogP contribution in [0, 0.1) is 0 Å². The average molecular weight is 307 g/mol. The van der Waals surface area contributed by atoms with Crippen molar-refractivity contribution in [2.24, 2.45) is 0 Å². The number of carbonyl (C=O) groups excluding carboxylic acids is 1. The second kappa shape index (κ2) is 4.47. The quantitative estimate of drug-likeness (QED) is 0.789. The van der Waals surface area contributed by atoms with Crippen LogP contribution in [0.4, 0.5) is 18.9 Å². The number of alkyl halides is 3. The SMILES string of the molecule is CC(=O)c1ccc2c(c1)C(CC(F)(F)F)S(=O)(=O)N2C. The van der Waals surface area contributed by atoms with Crippen molar-refractivity contribution in [2.75, 3.05) is 11.4 Å². The van der Waals surface area contributed by atoms with E-state index in [2.05, 4.69) is 0 Å². The van der Waals surface area contributed by atoms with Gasteiger partial charge >= 0.3 is 6.18 Å². The number of carbonyl (C=O) groups is 1. The van der Waals surface area contributed by atoms with Crippen LogP contribution in [0.3, 0.4) is 0 Å². The lowest BCUT2D eigenvalue weighted by Crippen LogP contribution is -2.26. The summed E-state index contributed by atoms with van der Waals surface area (Å²) >= 11 is 0. The van der Waals surface area contributed by atoms with Gasteiger partial charge in [-0.25, -0.2) is 8.42 Å². The van der Waals surface area contributed by atoms with E-state index in [-0.39, 0.29) is 22.6 Å². The number of halogens is 3. The number of fused-ring (bicyclic) bond motifs is 1. The molecule has 0 amide bonds. The summed E-state index contributed by atoms with van der Waals surface area (Å²) in [6.45, 7) is 1.27. The van der Waals surface area contributed by atoms with Crippen molar-refractivity contribution in [1.82, 2.24) is 0 Å². The standard InChI is InChI=1S/C12H12F3NO3S/c1-7(17)8-3-4-10-9(5-8)11(6-12(13,14)15)20(18,19)16(10)2/h3-5,11H,6H2,1-2H3. The van der Waals surface area contributed by atoms with Crippen molar-refractivity contribution in [3.8, 4) is 0 Å². The third-order valence-electron chi connectivity index (χ3n) is 3.28. The van der Waals surface area contributed by atoms with Crippen molar-refractivity contribution in [3.63, 3.8) is 0 Å². The van der Waals surface area contributed by atoms with E-state index < -0.39 is 27.9 Å². The highest BCUT2D eigenvalue weighted by atomic mass is 32.2. The first-order valence-corrected chi connectivity index (χ1v) is 7.24. The molecule has 0 radical (unpaired) electrons. The minimum atomic E-state index is -4.60. The summed E-state index contributed by atoms with van der Waals surface area (Å²) in [5, 5.41) is -1.69. The zero-order chi connectivity index (χ0) is 15.3. The van der Waals surface area contributed by atoms with Gasteiger partial charge in [0.15, 0.2) is 5.78 Å². The molecule has 1 heterocycles. The van der Waals surface area contributed by atoms with E-state index in [0.29, 0.717) is 0 Å². The minimum absolute atomic E-state index is 0.0255. The van der Waals surface area contributed by atoms with Gasteiger partial charge in [-0.15, -0.1) is 0 Å². The van der Waals surface area contributed by atoms with Gasteiger partial charge in [0.1, 0.15) is 5.25 Å². The highest BCUT2D eigenvalue weighted by Crippen LogP contribution is 2.46. The van der Waals surface area contributed by atoms with E-state index in [1.165, 1.54) is 32.2 Å². The number of hydrogen-bond acceptors (Lipinski definition) is 3. The molecule has 0 saturated carbocycles. The van der Waals surface area contributed by atoms with E-state index >= 15 is 0 Å². The lowest BCUT2D eigenvalue weighted by Gasteiger charge is -2.15. The van der Waals surface area contributed by atoms with E-state index in [4.69, 9.17) is 0 Å². The molecular weight excluding hydrogens is 295 g/mol. The third-order valence-corrected chi connectivity index (χ3v) is 5.38. The summed E-state index contributed by atoms with van der Waals surface area (Å²) in [7, 11) is -2.89. The van der Waals surface area contributed by atoms with Crippen LogP contribution in [-0.2, 0) is 10.0 Å². The molecule has 1 aromatic rings. The monoisotopic (exact) mass is 307 g/mol. The molecule has 0 N–H and O–H groups in total. The minimum Gasteiger partial charge on any atom is -0.295 e. The summed E-state index contributed by atoms with van der Waals surface area (Å²) in [6.07, 6.45) is -6.07. The van der Waals surface area contributed by atoms with Crippen LogP contribution >= 0.6 is 0 Å². The predicted molar refractivity (Wildman–Crippen MR) is 67.2 cm³/mol. The molecule has 2 rings (SSSR count). The number of sulfonamides is 1. The molecule has 0 spiro atoms. The fourth-order valence-electron chi connectivity index (χ4n) is 2.23. The van der Waals surface area contributed by atoms with Crippen molar-refractivity contribution in [1.29, 1.82) is 0 Å². The second-order valence-electron chi connectivity index (χ2n) is 4.65. The Balaban J connectivity index is 2.59. The highest BCUT2D eigenvalue weighted by molar-refractivity contribution is 7.93. The van der Waals surface area contributed by atoms with Gasteiger partial charge in [0.25, 0.3) is 0 Å². The van der Waals surface area contributed by atoms with E-state index in [1.54, 1.807) is 0 Å². The summed E-state index contributed by atoms with van der Waals surface area (Å²) < 4.78 is 62.7. The Morgan fingerprint density at radius 2 is 1.95 bits per heavy atom. The average Bonchev–Trinajstić information content (AvgIpc) is 2.49. The molecule has 8 heteroatoms. The number of ketones is 1. The van der Waals surface area contributed by atoms with Crippen LogP contribution in [0.2, 0.25) is 0 Å². The molecule has 20 heavy (non-hydrogen) atoms. The van der Waals surface area contributed by atoms with Crippen molar-refractivity contribution < 1.29 is 26.4 Å². The van der Waals surface area contributed by atoms with Gasteiger partial charge in [-0.2, -0.15) is 13.2 Å². The maximum atomic E-state index is 12.6. The van der Waals surface area contributed by atoms with Crippen LogP contribution in [0.5, 0.6) is 0 Å². The smallest absolute Gasteiger partial charge is 0.295 e. The number of nitrogens with zero attached hydrogens (tertiary/aromatic N) is 1. The van der Waals surface area contributed by atoms with Crippen molar-refractivity contribution in [2.45, 2.75) is 24.8 Å². The summed E-state index contributed by atoms with van der Waals surface area (Å²) in [4.78, 5) is 11.3. The zero-order valence-corrected chi connectivity index (χ0v) is 11.5. The number of hydrogen-bond donors (Lipinski definition) is 0. The molecule has 0 fully saturated rings. The van der Waals surface area contributed by atoms with E-state index in [1.807, 2.05) is 0 Å².